The van der Waals surface area contributed by atoms with Gasteiger partial charge in [0.1, 0.15) is 5.52 Å². The summed E-state index contributed by atoms with van der Waals surface area (Å²) in [5.41, 5.74) is 7.24. The van der Waals surface area contributed by atoms with Crippen LogP contribution in [0.1, 0.15) is 61.9 Å². The van der Waals surface area contributed by atoms with Crippen molar-refractivity contribution in [1.82, 2.24) is 29.4 Å². The molecule has 5 heterocycles. The number of aromatic amines is 1. The molecule has 14 nitrogen and oxygen atoms in total. The smallest absolute Gasteiger partial charge is 0.284 e. The highest BCUT2D eigenvalue weighted by Crippen LogP contribution is 2.43. The van der Waals surface area contributed by atoms with Crippen LogP contribution in [0.5, 0.6) is 0 Å². The standard InChI is InChI=1S/C46H49ClN8O6S2/c1-46(2)15-11-33(38(26-46)31-3-5-34(47)6-4-31)28-52-17-19-53(20-18-52)35-7-9-37(40(24-35)54-41-23-32-12-16-48-44(32)50-39(41)27-49-54)45(56)51-63(59,60)36-8-10-43(42(25-36)55(57)58)62-29-30-13-21-61-22-14-30/h3-10,12,16,23-25,27,30,49H,11,13-15,17-22,26,28-29H2,1-2H3,(H,51,56). The van der Waals surface area contributed by atoms with E-state index in [0.29, 0.717) is 52.1 Å². The van der Waals surface area contributed by atoms with Gasteiger partial charge in [-0.25, -0.2) is 23.1 Å². The molecule has 63 heavy (non-hydrogen) atoms. The number of hydrogen-bond acceptors (Lipinski definition) is 11. The number of thioether (sulfide) groups is 1. The maximum atomic E-state index is 14.2. The molecule has 0 spiro atoms. The summed E-state index contributed by atoms with van der Waals surface area (Å²) in [6.45, 7) is 10.0. The Labute approximate surface area is 375 Å². The quantitative estimate of drug-likeness (QED) is 0.0684. The van der Waals surface area contributed by atoms with Crippen LogP contribution in [0, 0.1) is 21.4 Å². The number of nitrogens with one attached hydrogen (secondary N) is 2. The van der Waals surface area contributed by atoms with Crippen LogP contribution in [0.3, 0.4) is 0 Å². The Morgan fingerprint density at radius 1 is 1.03 bits per heavy atom. The van der Waals surface area contributed by atoms with Gasteiger partial charge in [-0.2, -0.15) is 0 Å². The number of H-pyrrole nitrogens is 1. The highest BCUT2D eigenvalue weighted by molar-refractivity contribution is 7.99. The summed E-state index contributed by atoms with van der Waals surface area (Å²) in [4.78, 5) is 39.6. The van der Waals surface area contributed by atoms with E-state index in [0.717, 1.165) is 87.0 Å². The van der Waals surface area contributed by atoms with Gasteiger partial charge in [0.2, 0.25) is 0 Å². The van der Waals surface area contributed by atoms with E-state index in [1.165, 1.54) is 40.6 Å². The first-order chi connectivity index (χ1) is 30.3. The van der Waals surface area contributed by atoms with Gasteiger partial charge in [-0.3, -0.25) is 29.6 Å². The second-order valence-electron chi connectivity index (χ2n) is 17.4. The average Bonchev–Trinajstić information content (AvgIpc) is 3.92. The number of nitrogens with zero attached hydrogens (tertiary/aromatic N) is 6. The first kappa shape index (κ1) is 43.0. The van der Waals surface area contributed by atoms with E-state index in [1.807, 2.05) is 36.4 Å². The monoisotopic (exact) mass is 908 g/mol. The SMILES string of the molecule is CC1(C)CCC(CN2CCN(c3ccc(C(=O)NS(=O)(=O)c4ccc(SCC5CCOCC5)c([N+](=O)[O-])c4)c(-n4[nH]cc5nc6nccc6cc54)c3)CC2)=C(c2ccc(Cl)cc2)C1. The molecule has 6 aromatic rings. The first-order valence-electron chi connectivity index (χ1n) is 21.3. The number of nitro benzene ring substituents is 1. The van der Waals surface area contributed by atoms with Crippen molar-refractivity contribution in [1.29, 1.82) is 0 Å². The zero-order chi connectivity index (χ0) is 43.9. The van der Waals surface area contributed by atoms with Gasteiger partial charge in [0, 0.05) is 86.2 Å². The number of sulfonamides is 1. The molecule has 17 heteroatoms. The summed E-state index contributed by atoms with van der Waals surface area (Å²) in [6.07, 6.45) is 8.34. The van der Waals surface area contributed by atoms with Crippen molar-refractivity contribution in [3.63, 3.8) is 0 Å². The highest BCUT2D eigenvalue weighted by atomic mass is 35.5. The molecule has 3 aromatic heterocycles. The van der Waals surface area contributed by atoms with Gasteiger partial charge >= 0.3 is 0 Å². The third-order valence-corrected chi connectivity index (χ3v) is 15.4. The molecule has 0 atom stereocenters. The number of ether oxygens (including phenoxy) is 1. The molecule has 2 aliphatic heterocycles. The van der Waals surface area contributed by atoms with Crippen LogP contribution in [0.25, 0.3) is 33.3 Å². The fraction of sp³-hybridized carbons (Fsp3) is 0.370. The van der Waals surface area contributed by atoms with Gasteiger partial charge in [-0.15, -0.1) is 11.8 Å². The summed E-state index contributed by atoms with van der Waals surface area (Å²) in [7, 11) is -4.54. The fourth-order valence-corrected chi connectivity index (χ4v) is 11.2. The molecule has 3 aromatic carbocycles. The second kappa shape index (κ2) is 17.7. The van der Waals surface area contributed by atoms with E-state index in [-0.39, 0.29) is 21.6 Å². The Morgan fingerprint density at radius 3 is 2.57 bits per heavy atom. The number of benzene rings is 3. The molecule has 1 aliphatic carbocycles. The number of nitro groups is 1. The van der Waals surface area contributed by atoms with Crippen molar-refractivity contribution < 1.29 is 22.9 Å². The number of aromatic nitrogens is 4. The molecule has 2 fully saturated rings. The molecule has 0 unspecified atom stereocenters. The molecule has 0 bridgehead atoms. The Kier molecular flexibility index (Phi) is 12.1. The molecule has 0 saturated carbocycles. The lowest BCUT2D eigenvalue weighted by Crippen LogP contribution is -2.47. The lowest BCUT2D eigenvalue weighted by Gasteiger charge is -2.39. The molecule has 3 aliphatic rings. The van der Waals surface area contributed by atoms with E-state index >= 15 is 0 Å². The maximum Gasteiger partial charge on any atom is 0.284 e. The molecule has 328 valence electrons. The van der Waals surface area contributed by atoms with E-state index in [9.17, 15) is 23.3 Å². The molecule has 0 radical (unpaired) electrons. The fourth-order valence-electron chi connectivity index (χ4n) is 8.89. The number of pyridine rings is 1. The predicted molar refractivity (Wildman–Crippen MR) is 247 cm³/mol. The number of rotatable bonds is 12. The van der Waals surface area contributed by atoms with Crippen molar-refractivity contribution >= 4 is 78.3 Å². The average molecular weight is 910 g/mol. The summed E-state index contributed by atoms with van der Waals surface area (Å²) >= 11 is 7.58. The molecule has 2 N–H and O–H groups in total. The first-order valence-corrected chi connectivity index (χ1v) is 24.1. The number of amides is 1. The number of hydrogen-bond donors (Lipinski definition) is 2. The zero-order valence-electron chi connectivity index (χ0n) is 35.2. The lowest BCUT2D eigenvalue weighted by molar-refractivity contribution is -0.388. The van der Waals surface area contributed by atoms with Crippen LogP contribution in [-0.4, -0.2) is 95.6 Å². The molecule has 9 rings (SSSR count). The molecule has 2 saturated heterocycles. The molecular formula is C46H49ClN8O6S2. The van der Waals surface area contributed by atoms with Crippen LogP contribution in [0.4, 0.5) is 11.4 Å². The van der Waals surface area contributed by atoms with E-state index in [4.69, 9.17) is 16.3 Å². The van der Waals surface area contributed by atoms with Crippen LogP contribution < -0.4 is 9.62 Å². The Morgan fingerprint density at radius 2 is 1.81 bits per heavy atom. The van der Waals surface area contributed by atoms with Gasteiger partial charge in [0.15, 0.2) is 5.65 Å². The minimum Gasteiger partial charge on any atom is -0.381 e. The number of piperazine rings is 1. The van der Waals surface area contributed by atoms with Gasteiger partial charge < -0.3 is 9.64 Å². The number of allylic oxidation sites excluding steroid dienone is 1. The minimum absolute atomic E-state index is 0.0791. The molecular weight excluding hydrogens is 860 g/mol. The summed E-state index contributed by atoms with van der Waals surface area (Å²) in [6, 6.07) is 21.1. The predicted octanol–water partition coefficient (Wildman–Crippen LogP) is 8.89. The Bertz CT molecular complexity index is 2840. The number of carbonyl (C=O) groups excluding carboxylic acids is 1. The van der Waals surface area contributed by atoms with Crippen LogP contribution >= 0.6 is 23.4 Å². The highest BCUT2D eigenvalue weighted by Gasteiger charge is 2.31. The summed E-state index contributed by atoms with van der Waals surface area (Å²) < 4.78 is 37.0. The second-order valence-corrected chi connectivity index (χ2v) is 20.6. The number of carbonyl (C=O) groups is 1. The normalized spacial score (nSPS) is 17.7. The molecule has 1 amide bonds. The van der Waals surface area contributed by atoms with Crippen LogP contribution in [0.15, 0.2) is 101 Å². The summed E-state index contributed by atoms with van der Waals surface area (Å²) in [5, 5.41) is 16.9. The van der Waals surface area contributed by atoms with Gasteiger partial charge in [-0.05, 0) is 109 Å². The van der Waals surface area contributed by atoms with Crippen molar-refractivity contribution in [2.24, 2.45) is 11.3 Å². The van der Waals surface area contributed by atoms with Crippen molar-refractivity contribution in [2.75, 3.05) is 56.6 Å². The van der Waals surface area contributed by atoms with E-state index < -0.39 is 20.9 Å². The van der Waals surface area contributed by atoms with Gasteiger partial charge in [0.05, 0.1) is 31.5 Å². The van der Waals surface area contributed by atoms with Crippen molar-refractivity contribution in [3.8, 4) is 5.69 Å². The van der Waals surface area contributed by atoms with Crippen molar-refractivity contribution in [2.45, 2.75) is 55.7 Å². The van der Waals surface area contributed by atoms with Gasteiger partial charge in [-0.1, -0.05) is 43.2 Å². The minimum atomic E-state index is -4.54. The van der Waals surface area contributed by atoms with E-state index in [2.05, 4.69) is 55.6 Å². The van der Waals surface area contributed by atoms with E-state index in [1.54, 1.807) is 23.1 Å². The maximum absolute atomic E-state index is 14.2. The third kappa shape index (κ3) is 9.36. The topological polar surface area (TPSA) is 169 Å². The van der Waals surface area contributed by atoms with Crippen LogP contribution in [-0.2, 0) is 14.8 Å². The summed E-state index contributed by atoms with van der Waals surface area (Å²) in [5.74, 6) is 0.112. The number of fused-ring (bicyclic) bond motifs is 2. The van der Waals surface area contributed by atoms with Gasteiger partial charge in [0.25, 0.3) is 21.6 Å². The lowest BCUT2D eigenvalue weighted by atomic mass is 9.72. The largest absolute Gasteiger partial charge is 0.381 e. The zero-order valence-corrected chi connectivity index (χ0v) is 37.6. The third-order valence-electron chi connectivity index (χ3n) is 12.5. The van der Waals surface area contributed by atoms with Crippen molar-refractivity contribution in [3.05, 3.63) is 117 Å². The number of anilines is 1. The Hall–Kier alpha value is -5.26. The van der Waals surface area contributed by atoms with Crippen LogP contribution in [0.2, 0.25) is 5.02 Å². The Balaban J connectivity index is 0.976. The number of halogens is 1.